The van der Waals surface area contributed by atoms with Crippen molar-refractivity contribution < 1.29 is 13.2 Å². The average Bonchev–Trinajstić information content (AvgIpc) is 3.37. The van der Waals surface area contributed by atoms with Gasteiger partial charge < -0.3 is 10.2 Å². The van der Waals surface area contributed by atoms with Gasteiger partial charge in [0.25, 0.3) is 0 Å². The van der Waals surface area contributed by atoms with Crippen molar-refractivity contribution >= 4 is 21.8 Å². The van der Waals surface area contributed by atoms with Crippen LogP contribution in [0.5, 0.6) is 0 Å². The second-order valence-corrected chi connectivity index (χ2v) is 10.0. The summed E-state index contributed by atoms with van der Waals surface area (Å²) in [5, 5.41) is 12.1. The Morgan fingerprint density at radius 2 is 1.79 bits per heavy atom. The number of benzene rings is 2. The van der Waals surface area contributed by atoms with Gasteiger partial charge in [-0.1, -0.05) is 24.3 Å². The first-order chi connectivity index (χ1) is 15.8. The number of carbonyl (C=O) groups is 1. The van der Waals surface area contributed by atoms with Crippen molar-refractivity contribution in [2.45, 2.75) is 24.2 Å². The molecular weight excluding hydrogens is 438 g/mol. The Bertz CT molecular complexity index is 1140. The molecule has 0 aliphatic carbocycles. The standard InChI is InChI=1S/C24H29N5O3S/c1-28(17-13-19-5-9-21(10-6-19)24-26-14-15-27-24)23(30)4-3-16-29(2)33(31,32)22-11-7-20(18-25)8-12-22/h5-12H,3-4,13-17H2,1-2H3,(H,26,27). The van der Waals surface area contributed by atoms with Crippen LogP contribution >= 0.6 is 0 Å². The van der Waals surface area contributed by atoms with E-state index in [1.807, 2.05) is 18.2 Å². The zero-order valence-corrected chi connectivity index (χ0v) is 19.8. The first kappa shape index (κ1) is 24.4. The smallest absolute Gasteiger partial charge is 0.242 e. The normalized spacial score (nSPS) is 13.3. The molecule has 1 heterocycles. The van der Waals surface area contributed by atoms with Crippen LogP contribution in [-0.2, 0) is 21.2 Å². The van der Waals surface area contributed by atoms with E-state index in [2.05, 4.69) is 22.4 Å². The third-order valence-electron chi connectivity index (χ3n) is 5.62. The highest BCUT2D eigenvalue weighted by Crippen LogP contribution is 2.16. The lowest BCUT2D eigenvalue weighted by atomic mass is 10.1. The zero-order valence-electron chi connectivity index (χ0n) is 19.0. The summed E-state index contributed by atoms with van der Waals surface area (Å²) in [5.41, 5.74) is 2.62. The van der Waals surface area contributed by atoms with Gasteiger partial charge in [-0.3, -0.25) is 9.79 Å². The monoisotopic (exact) mass is 467 g/mol. The van der Waals surface area contributed by atoms with Gasteiger partial charge in [-0.2, -0.15) is 5.26 Å². The number of sulfonamides is 1. The van der Waals surface area contributed by atoms with Gasteiger partial charge in [0.05, 0.1) is 23.1 Å². The molecule has 0 spiro atoms. The maximum absolute atomic E-state index is 12.6. The van der Waals surface area contributed by atoms with Gasteiger partial charge in [-0.15, -0.1) is 0 Å². The summed E-state index contributed by atoms with van der Waals surface area (Å²) in [6.45, 7) is 2.51. The highest BCUT2D eigenvalue weighted by molar-refractivity contribution is 7.89. The number of carbonyl (C=O) groups excluding carboxylic acids is 1. The quantitative estimate of drug-likeness (QED) is 0.575. The lowest BCUT2D eigenvalue weighted by Crippen LogP contribution is -2.31. The average molecular weight is 468 g/mol. The SMILES string of the molecule is CN(CCc1ccc(C2=NCCN2)cc1)C(=O)CCCN(C)S(=O)(=O)c1ccc(C#N)cc1. The number of nitriles is 1. The summed E-state index contributed by atoms with van der Waals surface area (Å²) in [6, 6.07) is 16.0. The molecule has 33 heavy (non-hydrogen) atoms. The van der Waals surface area contributed by atoms with E-state index in [1.165, 1.54) is 35.6 Å². The fourth-order valence-corrected chi connectivity index (χ4v) is 4.70. The summed E-state index contributed by atoms with van der Waals surface area (Å²) < 4.78 is 26.5. The van der Waals surface area contributed by atoms with E-state index in [4.69, 9.17) is 5.26 Å². The largest absolute Gasteiger partial charge is 0.368 e. The fraction of sp³-hybridized carbons (Fsp3) is 0.375. The number of nitrogens with one attached hydrogen (secondary N) is 1. The van der Waals surface area contributed by atoms with E-state index in [9.17, 15) is 13.2 Å². The molecule has 1 amide bonds. The zero-order chi connectivity index (χ0) is 23.8. The summed E-state index contributed by atoms with van der Waals surface area (Å²) >= 11 is 0. The number of hydrogen-bond donors (Lipinski definition) is 1. The molecule has 8 nitrogen and oxygen atoms in total. The van der Waals surface area contributed by atoms with Crippen molar-refractivity contribution in [3.05, 3.63) is 65.2 Å². The maximum atomic E-state index is 12.6. The summed E-state index contributed by atoms with van der Waals surface area (Å²) in [7, 11) is -0.385. The third-order valence-corrected chi connectivity index (χ3v) is 7.49. The molecule has 0 atom stereocenters. The molecule has 2 aromatic rings. The van der Waals surface area contributed by atoms with E-state index in [0.29, 0.717) is 18.5 Å². The Balaban J connectivity index is 1.42. The van der Waals surface area contributed by atoms with Crippen LogP contribution in [0.1, 0.15) is 29.5 Å². The topological polar surface area (TPSA) is 106 Å². The number of amides is 1. The van der Waals surface area contributed by atoms with Gasteiger partial charge in [-0.05, 0) is 42.7 Å². The molecule has 9 heteroatoms. The molecule has 1 aliphatic rings. The van der Waals surface area contributed by atoms with Crippen molar-refractivity contribution in [3.8, 4) is 6.07 Å². The molecule has 1 aliphatic heterocycles. The molecule has 2 aromatic carbocycles. The van der Waals surface area contributed by atoms with Gasteiger partial charge in [0.15, 0.2) is 0 Å². The van der Waals surface area contributed by atoms with E-state index in [0.717, 1.165) is 36.5 Å². The Labute approximate surface area is 195 Å². The van der Waals surface area contributed by atoms with Gasteiger partial charge in [0, 0.05) is 45.7 Å². The number of amidine groups is 1. The highest BCUT2D eigenvalue weighted by Gasteiger charge is 2.21. The molecule has 0 bridgehead atoms. The molecule has 1 N–H and O–H groups in total. The van der Waals surface area contributed by atoms with E-state index >= 15 is 0 Å². The first-order valence-electron chi connectivity index (χ1n) is 10.9. The predicted octanol–water partition coefficient (Wildman–Crippen LogP) is 2.01. The van der Waals surface area contributed by atoms with Gasteiger partial charge in [-0.25, -0.2) is 12.7 Å². The van der Waals surface area contributed by atoms with Gasteiger partial charge in [0.1, 0.15) is 5.84 Å². The van der Waals surface area contributed by atoms with Crippen molar-refractivity contribution in [2.24, 2.45) is 4.99 Å². The van der Waals surface area contributed by atoms with Crippen molar-refractivity contribution in [3.63, 3.8) is 0 Å². The summed E-state index contributed by atoms with van der Waals surface area (Å²) in [6.07, 6.45) is 1.45. The second-order valence-electron chi connectivity index (χ2n) is 7.99. The van der Waals surface area contributed by atoms with Crippen LogP contribution in [0.4, 0.5) is 0 Å². The third kappa shape index (κ3) is 6.40. The van der Waals surface area contributed by atoms with Crippen LogP contribution in [0.25, 0.3) is 0 Å². The molecule has 0 unspecified atom stereocenters. The second kappa shape index (κ2) is 11.1. The maximum Gasteiger partial charge on any atom is 0.242 e. The molecule has 0 saturated heterocycles. The van der Waals surface area contributed by atoms with E-state index in [-0.39, 0.29) is 23.8 Å². The predicted molar refractivity (Wildman–Crippen MR) is 127 cm³/mol. The van der Waals surface area contributed by atoms with Gasteiger partial charge in [0.2, 0.25) is 15.9 Å². The van der Waals surface area contributed by atoms with Crippen LogP contribution in [-0.4, -0.2) is 69.6 Å². The number of hydrogen-bond acceptors (Lipinski definition) is 6. The van der Waals surface area contributed by atoms with Crippen LogP contribution in [0, 0.1) is 11.3 Å². The molecule has 0 saturated carbocycles. The number of aliphatic imine (C=N–C) groups is 1. The minimum atomic E-state index is -3.65. The van der Waals surface area contributed by atoms with Crippen LogP contribution < -0.4 is 5.32 Å². The molecular formula is C24H29N5O3S. The lowest BCUT2D eigenvalue weighted by molar-refractivity contribution is -0.130. The molecule has 3 rings (SSSR count). The minimum absolute atomic E-state index is 0.0136. The summed E-state index contributed by atoms with van der Waals surface area (Å²) in [5.74, 6) is 0.917. The van der Waals surface area contributed by atoms with E-state index < -0.39 is 10.0 Å². The lowest BCUT2D eigenvalue weighted by Gasteiger charge is -2.19. The number of likely N-dealkylation sites (N-methyl/N-ethyl adjacent to an activating group) is 1. The summed E-state index contributed by atoms with van der Waals surface area (Å²) in [4.78, 5) is 18.7. The first-order valence-corrected chi connectivity index (χ1v) is 12.3. The van der Waals surface area contributed by atoms with Crippen LogP contribution in [0.15, 0.2) is 58.4 Å². The molecule has 0 radical (unpaired) electrons. The van der Waals surface area contributed by atoms with E-state index in [1.54, 1.807) is 11.9 Å². The number of rotatable bonds is 10. The Morgan fingerprint density at radius 3 is 2.39 bits per heavy atom. The Hall–Kier alpha value is -3.22. The molecule has 174 valence electrons. The fourth-order valence-electron chi connectivity index (χ4n) is 3.49. The van der Waals surface area contributed by atoms with Crippen molar-refractivity contribution in [2.75, 3.05) is 40.3 Å². The molecule has 0 fully saturated rings. The number of nitrogens with zero attached hydrogens (tertiary/aromatic N) is 4. The Kier molecular flexibility index (Phi) is 8.20. The van der Waals surface area contributed by atoms with Crippen molar-refractivity contribution in [1.82, 2.24) is 14.5 Å². The van der Waals surface area contributed by atoms with Crippen LogP contribution in [0.3, 0.4) is 0 Å². The highest BCUT2D eigenvalue weighted by atomic mass is 32.2. The Morgan fingerprint density at radius 1 is 1.09 bits per heavy atom. The van der Waals surface area contributed by atoms with Gasteiger partial charge >= 0.3 is 0 Å². The van der Waals surface area contributed by atoms with Crippen LogP contribution in [0.2, 0.25) is 0 Å². The van der Waals surface area contributed by atoms with Crippen molar-refractivity contribution in [1.29, 1.82) is 5.26 Å². The molecule has 0 aromatic heterocycles. The minimum Gasteiger partial charge on any atom is -0.368 e.